The van der Waals surface area contributed by atoms with Gasteiger partial charge in [-0.3, -0.25) is 0 Å². The second kappa shape index (κ2) is 9.19. The molecule has 0 radical (unpaired) electrons. The summed E-state index contributed by atoms with van der Waals surface area (Å²) >= 11 is 6.36. The summed E-state index contributed by atoms with van der Waals surface area (Å²) in [7, 11) is 0. The molecule has 0 fully saturated rings. The number of hydrogen-bond donors (Lipinski definition) is 2. The van der Waals surface area contributed by atoms with Gasteiger partial charge in [0.2, 0.25) is 0 Å². The number of fused-ring (bicyclic) bond motifs is 1. The lowest BCUT2D eigenvalue weighted by Crippen LogP contribution is -2.18. The Morgan fingerprint density at radius 3 is 2.60 bits per heavy atom. The first-order valence-corrected chi connectivity index (χ1v) is 10.6. The number of hydrogen-bond acceptors (Lipinski definition) is 3. The number of nitrogens with one attached hydrogen (secondary N) is 1. The maximum Gasteiger partial charge on any atom is 0.127 e. The van der Waals surface area contributed by atoms with Crippen LogP contribution in [-0.2, 0) is 6.42 Å². The third kappa shape index (κ3) is 4.74. The van der Waals surface area contributed by atoms with Crippen LogP contribution in [0.4, 0.5) is 0 Å². The zero-order chi connectivity index (χ0) is 20.9. The number of aliphatic imine (C=N–C) groups is 1. The van der Waals surface area contributed by atoms with Crippen LogP contribution in [0.25, 0.3) is 11.1 Å². The van der Waals surface area contributed by atoms with Crippen LogP contribution >= 0.6 is 11.6 Å². The molecule has 2 aliphatic rings. The topological polar surface area (TPSA) is 44.6 Å². The lowest BCUT2D eigenvalue weighted by molar-refractivity contribution is 0.475. The van der Waals surface area contributed by atoms with Crippen molar-refractivity contribution in [1.29, 1.82) is 0 Å². The number of nitrogens with zero attached hydrogens (tertiary/aromatic N) is 1. The van der Waals surface area contributed by atoms with Crippen molar-refractivity contribution in [3.05, 3.63) is 101 Å². The van der Waals surface area contributed by atoms with E-state index < -0.39 is 0 Å². The number of allylic oxidation sites excluding steroid dienone is 6. The van der Waals surface area contributed by atoms with Crippen molar-refractivity contribution >= 4 is 28.5 Å². The Kier molecular flexibility index (Phi) is 6.20. The Bertz CT molecular complexity index is 1070. The number of phenols is 1. The highest BCUT2D eigenvalue weighted by Crippen LogP contribution is 2.35. The predicted molar refractivity (Wildman–Crippen MR) is 127 cm³/mol. The fourth-order valence-electron chi connectivity index (χ4n) is 3.80. The molecular formula is C26H25ClN2O. The molecule has 2 aromatic carbocycles. The molecule has 2 aromatic rings. The zero-order valence-electron chi connectivity index (χ0n) is 16.9. The summed E-state index contributed by atoms with van der Waals surface area (Å²) in [5.74, 6) is 1.05. The molecule has 1 aliphatic heterocycles. The van der Waals surface area contributed by atoms with E-state index >= 15 is 0 Å². The molecule has 0 unspecified atom stereocenters. The largest absolute Gasteiger partial charge is 0.508 e. The molecule has 0 aromatic heterocycles. The molecule has 0 amide bonds. The maximum atomic E-state index is 9.44. The lowest BCUT2D eigenvalue weighted by atomic mass is 9.84. The lowest BCUT2D eigenvalue weighted by Gasteiger charge is -2.22. The van der Waals surface area contributed by atoms with Crippen LogP contribution in [-0.4, -0.2) is 17.4 Å². The normalized spacial score (nSPS) is 21.6. The van der Waals surface area contributed by atoms with Crippen LogP contribution in [0.3, 0.4) is 0 Å². The van der Waals surface area contributed by atoms with Gasteiger partial charge in [0, 0.05) is 17.2 Å². The van der Waals surface area contributed by atoms with E-state index in [0.717, 1.165) is 54.9 Å². The van der Waals surface area contributed by atoms with E-state index in [1.54, 1.807) is 12.1 Å². The van der Waals surface area contributed by atoms with Crippen LogP contribution in [0.5, 0.6) is 5.75 Å². The third-order valence-electron chi connectivity index (χ3n) is 5.37. The van der Waals surface area contributed by atoms with Crippen LogP contribution in [0.15, 0.2) is 89.2 Å². The first kappa shape index (κ1) is 20.2. The fraction of sp³-hybridized carbons (Fsp3) is 0.192. The fourth-order valence-corrected chi connectivity index (χ4v) is 4.01. The van der Waals surface area contributed by atoms with Crippen LogP contribution in [0, 0.1) is 0 Å². The van der Waals surface area contributed by atoms with Gasteiger partial charge in [-0.05, 0) is 66.2 Å². The minimum Gasteiger partial charge on any atom is -0.508 e. The van der Waals surface area contributed by atoms with E-state index in [9.17, 15) is 5.11 Å². The molecule has 4 heteroatoms. The van der Waals surface area contributed by atoms with E-state index in [4.69, 9.17) is 16.6 Å². The second-order valence-corrected chi connectivity index (χ2v) is 7.97. The average Bonchev–Trinajstić information content (AvgIpc) is 2.73. The van der Waals surface area contributed by atoms with Crippen molar-refractivity contribution in [3.63, 3.8) is 0 Å². The highest BCUT2D eigenvalue weighted by molar-refractivity contribution is 6.31. The number of phenolic OH excluding ortho intramolecular Hbond substituents is 1. The van der Waals surface area contributed by atoms with Gasteiger partial charge < -0.3 is 10.4 Å². The first-order chi connectivity index (χ1) is 14.6. The molecule has 1 aliphatic carbocycles. The summed E-state index contributed by atoms with van der Waals surface area (Å²) in [4.78, 5) is 4.98. The van der Waals surface area contributed by atoms with Gasteiger partial charge in [-0.2, -0.15) is 0 Å². The zero-order valence-corrected chi connectivity index (χ0v) is 17.6. The molecule has 0 bridgehead atoms. The highest BCUT2D eigenvalue weighted by Gasteiger charge is 2.19. The molecular weight excluding hydrogens is 392 g/mol. The number of benzene rings is 2. The Morgan fingerprint density at radius 1 is 1.03 bits per heavy atom. The molecule has 30 heavy (non-hydrogen) atoms. The standard InChI is InChI=1S/C26H25ClN2O/c1-18-9-14-24(23-7-3-2-6-22(18)23)25-8-4-5-20(27)17-26(29-25)28-16-15-19-10-12-21(30)13-11-19/h2-3,5-7,10-14,17,28,30H,1,4,8-9,15-16H2/b20-5+,26-17-,29-25+. The number of aromatic hydroxyl groups is 1. The molecule has 2 N–H and O–H groups in total. The molecule has 1 heterocycles. The van der Waals surface area contributed by atoms with Gasteiger partial charge >= 0.3 is 0 Å². The van der Waals surface area contributed by atoms with E-state index in [0.29, 0.717) is 5.03 Å². The summed E-state index contributed by atoms with van der Waals surface area (Å²) in [6.07, 6.45) is 9.54. The smallest absolute Gasteiger partial charge is 0.127 e. The van der Waals surface area contributed by atoms with Gasteiger partial charge in [-0.15, -0.1) is 0 Å². The van der Waals surface area contributed by atoms with Crippen molar-refractivity contribution in [2.24, 2.45) is 4.99 Å². The minimum atomic E-state index is 0.282. The van der Waals surface area contributed by atoms with Gasteiger partial charge in [0.15, 0.2) is 0 Å². The quantitative estimate of drug-likeness (QED) is 0.607. The van der Waals surface area contributed by atoms with Gasteiger partial charge in [0.1, 0.15) is 11.6 Å². The van der Waals surface area contributed by atoms with Crippen LogP contribution < -0.4 is 5.32 Å². The van der Waals surface area contributed by atoms with E-state index in [-0.39, 0.29) is 5.75 Å². The van der Waals surface area contributed by atoms with Crippen molar-refractivity contribution in [2.45, 2.75) is 25.7 Å². The first-order valence-electron chi connectivity index (χ1n) is 10.2. The SMILES string of the molecule is C=C1CC=C(/C2=N/C(NCCc3ccc(O)cc3)=C\C(Cl)=C/CC2)c2ccccc21. The summed E-state index contributed by atoms with van der Waals surface area (Å²) in [5.41, 5.74) is 6.96. The molecule has 0 spiro atoms. The Hall–Kier alpha value is -3.04. The van der Waals surface area contributed by atoms with Gasteiger partial charge in [0.25, 0.3) is 0 Å². The molecule has 3 nitrogen and oxygen atoms in total. The summed E-state index contributed by atoms with van der Waals surface area (Å²) in [6.45, 7) is 4.94. The van der Waals surface area contributed by atoms with E-state index in [1.807, 2.05) is 24.3 Å². The van der Waals surface area contributed by atoms with Gasteiger partial charge in [-0.1, -0.05) is 66.7 Å². The van der Waals surface area contributed by atoms with Crippen molar-refractivity contribution in [2.75, 3.05) is 6.54 Å². The molecule has 4 rings (SSSR count). The molecule has 0 atom stereocenters. The third-order valence-corrected chi connectivity index (χ3v) is 5.63. The van der Waals surface area contributed by atoms with Crippen molar-refractivity contribution in [3.8, 4) is 5.75 Å². The second-order valence-electron chi connectivity index (χ2n) is 7.53. The van der Waals surface area contributed by atoms with E-state index in [2.05, 4.69) is 42.2 Å². The van der Waals surface area contributed by atoms with Crippen molar-refractivity contribution in [1.82, 2.24) is 5.32 Å². The molecule has 0 saturated heterocycles. The minimum absolute atomic E-state index is 0.282. The summed E-state index contributed by atoms with van der Waals surface area (Å²) in [6, 6.07) is 15.7. The van der Waals surface area contributed by atoms with E-state index in [1.165, 1.54) is 16.7 Å². The monoisotopic (exact) mass is 416 g/mol. The van der Waals surface area contributed by atoms with Gasteiger partial charge in [-0.25, -0.2) is 4.99 Å². The summed E-state index contributed by atoms with van der Waals surface area (Å²) < 4.78 is 0. The highest BCUT2D eigenvalue weighted by atomic mass is 35.5. The average molecular weight is 417 g/mol. The summed E-state index contributed by atoms with van der Waals surface area (Å²) in [5, 5.41) is 13.6. The molecule has 0 saturated carbocycles. The van der Waals surface area contributed by atoms with Gasteiger partial charge in [0.05, 0.1) is 5.71 Å². The Balaban J connectivity index is 1.56. The van der Waals surface area contributed by atoms with Crippen LogP contribution in [0.1, 0.15) is 36.0 Å². The Morgan fingerprint density at radius 2 is 1.80 bits per heavy atom. The predicted octanol–water partition coefficient (Wildman–Crippen LogP) is 6.22. The Labute approximate surface area is 182 Å². The molecule has 152 valence electrons. The number of halogens is 1. The number of rotatable bonds is 5. The van der Waals surface area contributed by atoms with Crippen LogP contribution in [0.2, 0.25) is 0 Å². The van der Waals surface area contributed by atoms with Crippen molar-refractivity contribution < 1.29 is 5.11 Å². The maximum absolute atomic E-state index is 9.44.